The van der Waals surface area contributed by atoms with E-state index in [-0.39, 0.29) is 11.7 Å². The monoisotopic (exact) mass is 437 g/mol. The number of aryl methyl sites for hydroxylation is 1. The third-order valence-corrected chi connectivity index (χ3v) is 6.42. The third kappa shape index (κ3) is 4.27. The van der Waals surface area contributed by atoms with E-state index in [4.69, 9.17) is 4.98 Å². The molecule has 0 saturated carbocycles. The SMILES string of the molecule is Cc1nc2ccccc2c(-c2ccccc2)c1CC(=O)N1CCN(c2cccc(O)c2)CC1. The number of hydrogen-bond donors (Lipinski definition) is 1. The van der Waals surface area contributed by atoms with Gasteiger partial charge in [0.2, 0.25) is 5.91 Å². The number of rotatable bonds is 4. The van der Waals surface area contributed by atoms with Crippen molar-refractivity contribution in [2.24, 2.45) is 0 Å². The van der Waals surface area contributed by atoms with Gasteiger partial charge in [0.1, 0.15) is 5.75 Å². The van der Waals surface area contributed by atoms with E-state index in [0.29, 0.717) is 19.5 Å². The summed E-state index contributed by atoms with van der Waals surface area (Å²) >= 11 is 0. The average Bonchev–Trinajstić information content (AvgIpc) is 2.85. The molecule has 0 unspecified atom stereocenters. The summed E-state index contributed by atoms with van der Waals surface area (Å²) in [6, 6.07) is 25.7. The summed E-state index contributed by atoms with van der Waals surface area (Å²) in [6.07, 6.45) is 0.333. The molecular formula is C28H27N3O2. The van der Waals surface area contributed by atoms with Crippen molar-refractivity contribution >= 4 is 22.5 Å². The van der Waals surface area contributed by atoms with E-state index in [0.717, 1.165) is 52.1 Å². The summed E-state index contributed by atoms with van der Waals surface area (Å²) in [4.78, 5) is 22.4. The van der Waals surface area contributed by atoms with Crippen molar-refractivity contribution in [1.29, 1.82) is 0 Å². The van der Waals surface area contributed by atoms with Crippen molar-refractivity contribution < 1.29 is 9.90 Å². The zero-order valence-corrected chi connectivity index (χ0v) is 18.7. The Balaban J connectivity index is 1.40. The highest BCUT2D eigenvalue weighted by Gasteiger charge is 2.24. The normalized spacial score (nSPS) is 14.0. The van der Waals surface area contributed by atoms with Gasteiger partial charge in [0.25, 0.3) is 0 Å². The fourth-order valence-electron chi connectivity index (χ4n) is 4.69. The molecule has 0 aliphatic carbocycles. The highest BCUT2D eigenvalue weighted by atomic mass is 16.3. The van der Waals surface area contributed by atoms with Gasteiger partial charge in [-0.3, -0.25) is 9.78 Å². The molecule has 0 radical (unpaired) electrons. The molecule has 1 fully saturated rings. The number of carbonyl (C=O) groups excluding carboxylic acids is 1. The van der Waals surface area contributed by atoms with Crippen LogP contribution in [0.3, 0.4) is 0 Å². The van der Waals surface area contributed by atoms with E-state index < -0.39 is 0 Å². The number of phenolic OH excluding ortho intramolecular Hbond substituents is 1. The van der Waals surface area contributed by atoms with Gasteiger partial charge in [0.15, 0.2) is 0 Å². The zero-order chi connectivity index (χ0) is 22.8. The van der Waals surface area contributed by atoms with Crippen LogP contribution >= 0.6 is 0 Å². The van der Waals surface area contributed by atoms with Crippen molar-refractivity contribution in [1.82, 2.24) is 9.88 Å². The van der Waals surface area contributed by atoms with Gasteiger partial charge in [-0.2, -0.15) is 0 Å². The first-order valence-electron chi connectivity index (χ1n) is 11.4. The van der Waals surface area contributed by atoms with Gasteiger partial charge in [-0.15, -0.1) is 0 Å². The number of pyridine rings is 1. The number of carbonyl (C=O) groups is 1. The summed E-state index contributed by atoms with van der Waals surface area (Å²) in [6.45, 7) is 4.82. The Labute approximate surface area is 193 Å². The quantitative estimate of drug-likeness (QED) is 0.498. The summed E-state index contributed by atoms with van der Waals surface area (Å²) in [5, 5.41) is 10.8. The second-order valence-electron chi connectivity index (χ2n) is 8.50. The summed E-state index contributed by atoms with van der Waals surface area (Å²) < 4.78 is 0. The Morgan fingerprint density at radius 1 is 0.909 bits per heavy atom. The lowest BCUT2D eigenvalue weighted by Crippen LogP contribution is -2.49. The summed E-state index contributed by atoms with van der Waals surface area (Å²) in [7, 11) is 0. The molecule has 1 N–H and O–H groups in total. The molecule has 4 aromatic rings. The fraction of sp³-hybridized carbons (Fsp3) is 0.214. The standard InChI is InChI=1S/C28H27N3O2/c1-20-25(28(21-8-3-2-4-9-21)24-12-5-6-13-26(24)29-20)19-27(33)31-16-14-30(15-17-31)22-10-7-11-23(32)18-22/h2-13,18,32H,14-17,19H2,1H3. The lowest BCUT2D eigenvalue weighted by molar-refractivity contribution is -0.130. The minimum Gasteiger partial charge on any atom is -0.508 e. The number of para-hydroxylation sites is 1. The number of aromatic hydroxyl groups is 1. The molecule has 5 heteroatoms. The lowest BCUT2D eigenvalue weighted by atomic mass is 9.92. The molecule has 0 bridgehead atoms. The zero-order valence-electron chi connectivity index (χ0n) is 18.7. The Kier molecular flexibility index (Phi) is 5.69. The van der Waals surface area contributed by atoms with E-state index in [1.165, 1.54) is 0 Å². The third-order valence-electron chi connectivity index (χ3n) is 6.42. The van der Waals surface area contributed by atoms with E-state index in [1.807, 2.05) is 60.4 Å². The number of phenols is 1. The van der Waals surface area contributed by atoms with E-state index in [9.17, 15) is 9.90 Å². The van der Waals surface area contributed by atoms with Gasteiger partial charge in [-0.25, -0.2) is 0 Å². The number of benzene rings is 3. The second-order valence-corrected chi connectivity index (χ2v) is 8.50. The maximum Gasteiger partial charge on any atom is 0.227 e. The molecule has 5 nitrogen and oxygen atoms in total. The van der Waals surface area contributed by atoms with Crippen LogP contribution in [0, 0.1) is 6.92 Å². The van der Waals surface area contributed by atoms with Crippen LogP contribution in [0.4, 0.5) is 5.69 Å². The first-order valence-corrected chi connectivity index (χ1v) is 11.4. The number of fused-ring (bicyclic) bond motifs is 1. The van der Waals surface area contributed by atoms with Crippen LogP contribution in [0.5, 0.6) is 5.75 Å². The average molecular weight is 438 g/mol. The van der Waals surface area contributed by atoms with Crippen molar-refractivity contribution in [3.05, 3.63) is 90.1 Å². The largest absolute Gasteiger partial charge is 0.508 e. The Hall–Kier alpha value is -3.86. The van der Waals surface area contributed by atoms with Crippen LogP contribution in [0.1, 0.15) is 11.3 Å². The van der Waals surface area contributed by atoms with Gasteiger partial charge in [0, 0.05) is 49.0 Å². The van der Waals surface area contributed by atoms with Gasteiger partial charge in [-0.05, 0) is 41.8 Å². The van der Waals surface area contributed by atoms with Gasteiger partial charge >= 0.3 is 0 Å². The lowest BCUT2D eigenvalue weighted by Gasteiger charge is -2.36. The van der Waals surface area contributed by atoms with Crippen molar-refractivity contribution in [3.8, 4) is 16.9 Å². The van der Waals surface area contributed by atoms with Gasteiger partial charge in [0.05, 0.1) is 11.9 Å². The topological polar surface area (TPSA) is 56.7 Å². The van der Waals surface area contributed by atoms with Crippen molar-refractivity contribution in [2.45, 2.75) is 13.3 Å². The number of nitrogens with zero attached hydrogens (tertiary/aromatic N) is 3. The van der Waals surface area contributed by atoms with Crippen LogP contribution in [0.15, 0.2) is 78.9 Å². The molecule has 166 valence electrons. The molecular weight excluding hydrogens is 410 g/mol. The maximum atomic E-state index is 13.4. The Morgan fingerprint density at radius 3 is 2.39 bits per heavy atom. The van der Waals surface area contributed by atoms with E-state index in [2.05, 4.69) is 23.1 Å². The summed E-state index contributed by atoms with van der Waals surface area (Å²) in [5.41, 5.74) is 6.05. The molecule has 1 aromatic heterocycles. The molecule has 2 heterocycles. The van der Waals surface area contributed by atoms with E-state index >= 15 is 0 Å². The Morgan fingerprint density at radius 2 is 1.64 bits per heavy atom. The number of piperazine rings is 1. The molecule has 1 aliphatic rings. The van der Waals surface area contributed by atoms with Crippen molar-refractivity contribution in [3.63, 3.8) is 0 Å². The van der Waals surface area contributed by atoms with Crippen LogP contribution in [-0.2, 0) is 11.2 Å². The highest BCUT2D eigenvalue weighted by molar-refractivity contribution is 5.98. The molecule has 3 aromatic carbocycles. The van der Waals surface area contributed by atoms with Gasteiger partial charge in [-0.1, -0.05) is 54.6 Å². The van der Waals surface area contributed by atoms with Crippen LogP contribution in [0.2, 0.25) is 0 Å². The highest BCUT2D eigenvalue weighted by Crippen LogP contribution is 2.33. The number of aromatic nitrogens is 1. The second kappa shape index (κ2) is 8.94. The van der Waals surface area contributed by atoms with Gasteiger partial charge < -0.3 is 14.9 Å². The molecule has 33 heavy (non-hydrogen) atoms. The van der Waals surface area contributed by atoms with Crippen LogP contribution in [0.25, 0.3) is 22.0 Å². The maximum absolute atomic E-state index is 13.4. The number of anilines is 1. The van der Waals surface area contributed by atoms with E-state index in [1.54, 1.807) is 12.1 Å². The molecule has 0 atom stereocenters. The predicted octanol–water partition coefficient (Wildman–Crippen LogP) is 4.81. The predicted molar refractivity (Wildman–Crippen MR) is 133 cm³/mol. The Bertz CT molecular complexity index is 1300. The number of amides is 1. The molecule has 0 spiro atoms. The van der Waals surface area contributed by atoms with Crippen LogP contribution < -0.4 is 4.90 Å². The fourth-order valence-corrected chi connectivity index (χ4v) is 4.69. The van der Waals surface area contributed by atoms with Crippen molar-refractivity contribution in [2.75, 3.05) is 31.1 Å². The number of hydrogen-bond acceptors (Lipinski definition) is 4. The molecule has 1 aliphatic heterocycles. The molecule has 1 amide bonds. The van der Waals surface area contributed by atoms with Crippen LogP contribution in [-0.4, -0.2) is 47.1 Å². The molecule has 5 rings (SSSR count). The first-order chi connectivity index (χ1) is 16.1. The minimum atomic E-state index is 0.128. The summed E-state index contributed by atoms with van der Waals surface area (Å²) in [5.74, 6) is 0.390. The smallest absolute Gasteiger partial charge is 0.227 e. The molecule has 1 saturated heterocycles. The first kappa shape index (κ1) is 21.0. The minimum absolute atomic E-state index is 0.128.